The van der Waals surface area contributed by atoms with Gasteiger partial charge in [-0.15, -0.1) is 16.7 Å². The Hall–Kier alpha value is -0.640. The van der Waals surface area contributed by atoms with Crippen molar-refractivity contribution in [2.24, 2.45) is 5.41 Å². The molecular formula is C10H17ClN4. The monoisotopic (exact) mass is 228 g/mol. The maximum atomic E-state index is 6.04. The Morgan fingerprint density at radius 2 is 2.27 bits per heavy atom. The first-order chi connectivity index (χ1) is 6.99. The van der Waals surface area contributed by atoms with Gasteiger partial charge in [-0.05, 0) is 42.0 Å². The molecule has 1 aromatic rings. The van der Waals surface area contributed by atoms with Crippen molar-refractivity contribution < 1.29 is 0 Å². The SMILES string of the molecule is CC(Cl)c1nnnn1C1CCC(C)(C)C1. The minimum absolute atomic E-state index is 0.122. The van der Waals surface area contributed by atoms with Crippen LogP contribution in [0.5, 0.6) is 0 Å². The fraction of sp³-hybridized carbons (Fsp3) is 0.900. The summed E-state index contributed by atoms with van der Waals surface area (Å²) in [5.41, 5.74) is 0.406. The first kappa shape index (κ1) is 10.9. The summed E-state index contributed by atoms with van der Waals surface area (Å²) in [5.74, 6) is 0.791. The largest absolute Gasteiger partial charge is 0.225 e. The molecule has 0 spiro atoms. The standard InChI is InChI=1S/C10H17ClN4/c1-7(11)9-12-13-14-15(9)8-4-5-10(2,3)6-8/h7-8H,4-6H2,1-3H3. The highest BCUT2D eigenvalue weighted by Crippen LogP contribution is 2.43. The highest BCUT2D eigenvalue weighted by molar-refractivity contribution is 6.20. The lowest BCUT2D eigenvalue weighted by Crippen LogP contribution is -2.14. The number of rotatable bonds is 2. The summed E-state index contributed by atoms with van der Waals surface area (Å²) in [6, 6.07) is 0.422. The summed E-state index contributed by atoms with van der Waals surface area (Å²) in [6.07, 6.45) is 3.51. The predicted molar refractivity (Wildman–Crippen MR) is 58.8 cm³/mol. The average molecular weight is 229 g/mol. The van der Waals surface area contributed by atoms with Gasteiger partial charge in [-0.3, -0.25) is 0 Å². The Morgan fingerprint density at radius 3 is 2.80 bits per heavy atom. The highest BCUT2D eigenvalue weighted by Gasteiger charge is 2.34. The van der Waals surface area contributed by atoms with Crippen molar-refractivity contribution in [2.45, 2.75) is 51.5 Å². The van der Waals surface area contributed by atoms with Crippen LogP contribution in [0.2, 0.25) is 0 Å². The van der Waals surface area contributed by atoms with E-state index in [1.54, 1.807) is 0 Å². The molecule has 2 unspecified atom stereocenters. The molecule has 4 nitrogen and oxygen atoms in total. The van der Waals surface area contributed by atoms with Crippen LogP contribution >= 0.6 is 11.6 Å². The zero-order valence-electron chi connectivity index (χ0n) is 9.44. The number of nitrogens with zero attached hydrogens (tertiary/aromatic N) is 4. The van der Waals surface area contributed by atoms with E-state index in [1.807, 2.05) is 11.6 Å². The lowest BCUT2D eigenvalue weighted by Gasteiger charge is -2.17. The second-order valence-electron chi connectivity index (χ2n) is 5.16. The zero-order chi connectivity index (χ0) is 11.1. The van der Waals surface area contributed by atoms with Gasteiger partial charge in [0, 0.05) is 0 Å². The van der Waals surface area contributed by atoms with E-state index < -0.39 is 0 Å². The van der Waals surface area contributed by atoms with E-state index in [4.69, 9.17) is 11.6 Å². The minimum atomic E-state index is -0.122. The number of aromatic nitrogens is 4. The highest BCUT2D eigenvalue weighted by atomic mass is 35.5. The van der Waals surface area contributed by atoms with E-state index in [-0.39, 0.29) is 5.38 Å². The van der Waals surface area contributed by atoms with Gasteiger partial charge in [-0.2, -0.15) is 0 Å². The molecule has 1 aliphatic carbocycles. The summed E-state index contributed by atoms with van der Waals surface area (Å²) >= 11 is 6.04. The van der Waals surface area contributed by atoms with Gasteiger partial charge in [0.2, 0.25) is 0 Å². The van der Waals surface area contributed by atoms with Crippen LogP contribution in [0.25, 0.3) is 0 Å². The van der Waals surface area contributed by atoms with Crippen LogP contribution in [0.4, 0.5) is 0 Å². The molecule has 0 aromatic carbocycles. The number of alkyl halides is 1. The maximum absolute atomic E-state index is 6.04. The zero-order valence-corrected chi connectivity index (χ0v) is 10.2. The molecule has 0 N–H and O–H groups in total. The molecule has 0 saturated heterocycles. The van der Waals surface area contributed by atoms with Crippen LogP contribution < -0.4 is 0 Å². The molecule has 5 heteroatoms. The van der Waals surface area contributed by atoms with Crippen molar-refractivity contribution >= 4 is 11.6 Å². The first-order valence-electron chi connectivity index (χ1n) is 5.41. The van der Waals surface area contributed by atoms with E-state index in [9.17, 15) is 0 Å². The molecule has 1 fully saturated rings. The molecule has 2 rings (SSSR count). The van der Waals surface area contributed by atoms with Crippen molar-refractivity contribution in [3.63, 3.8) is 0 Å². The van der Waals surface area contributed by atoms with E-state index >= 15 is 0 Å². The Bertz CT molecular complexity index is 345. The van der Waals surface area contributed by atoms with Crippen LogP contribution in [-0.2, 0) is 0 Å². The molecule has 1 heterocycles. The Labute approximate surface area is 95.0 Å². The van der Waals surface area contributed by atoms with E-state index in [1.165, 1.54) is 6.42 Å². The maximum Gasteiger partial charge on any atom is 0.169 e. The number of hydrogen-bond acceptors (Lipinski definition) is 3. The van der Waals surface area contributed by atoms with Gasteiger partial charge in [0.1, 0.15) is 0 Å². The molecule has 0 aliphatic heterocycles. The summed E-state index contributed by atoms with van der Waals surface area (Å²) in [7, 11) is 0. The lowest BCUT2D eigenvalue weighted by molar-refractivity contribution is 0.343. The Kier molecular flexibility index (Phi) is 2.71. The number of tetrazole rings is 1. The molecule has 0 bridgehead atoms. The molecule has 84 valence electrons. The minimum Gasteiger partial charge on any atom is -0.225 e. The fourth-order valence-electron chi connectivity index (χ4n) is 2.33. The van der Waals surface area contributed by atoms with Crippen molar-refractivity contribution in [1.29, 1.82) is 0 Å². The number of hydrogen-bond donors (Lipinski definition) is 0. The van der Waals surface area contributed by atoms with Gasteiger partial charge < -0.3 is 0 Å². The quantitative estimate of drug-likeness (QED) is 0.731. The van der Waals surface area contributed by atoms with Crippen LogP contribution in [0, 0.1) is 5.41 Å². The molecule has 1 aliphatic rings. The second-order valence-corrected chi connectivity index (χ2v) is 5.81. The molecule has 0 amide bonds. The summed E-state index contributed by atoms with van der Waals surface area (Å²) < 4.78 is 1.91. The first-order valence-corrected chi connectivity index (χ1v) is 5.85. The summed E-state index contributed by atoms with van der Waals surface area (Å²) in [5, 5.41) is 11.6. The van der Waals surface area contributed by atoms with Crippen LogP contribution in [0.15, 0.2) is 0 Å². The van der Waals surface area contributed by atoms with E-state index in [0.29, 0.717) is 11.5 Å². The van der Waals surface area contributed by atoms with Crippen LogP contribution in [0.3, 0.4) is 0 Å². The van der Waals surface area contributed by atoms with Crippen LogP contribution in [-0.4, -0.2) is 20.2 Å². The summed E-state index contributed by atoms with van der Waals surface area (Å²) in [6.45, 7) is 6.49. The molecule has 1 aromatic heterocycles. The third-order valence-corrected chi connectivity index (χ3v) is 3.36. The molecule has 1 saturated carbocycles. The lowest BCUT2D eigenvalue weighted by atomic mass is 9.92. The fourth-order valence-corrected chi connectivity index (χ4v) is 2.47. The predicted octanol–water partition coefficient (Wildman–Crippen LogP) is 2.72. The van der Waals surface area contributed by atoms with Gasteiger partial charge in [0.05, 0.1) is 11.4 Å². The number of halogens is 1. The van der Waals surface area contributed by atoms with Gasteiger partial charge in [-0.1, -0.05) is 13.8 Å². The van der Waals surface area contributed by atoms with Crippen molar-refractivity contribution in [2.75, 3.05) is 0 Å². The molecule has 2 atom stereocenters. The van der Waals surface area contributed by atoms with Gasteiger partial charge >= 0.3 is 0 Å². The van der Waals surface area contributed by atoms with E-state index in [0.717, 1.165) is 18.7 Å². The van der Waals surface area contributed by atoms with Crippen LogP contribution in [0.1, 0.15) is 57.3 Å². The van der Waals surface area contributed by atoms with E-state index in [2.05, 4.69) is 29.4 Å². The molecule has 15 heavy (non-hydrogen) atoms. The third kappa shape index (κ3) is 2.14. The van der Waals surface area contributed by atoms with Gasteiger partial charge in [-0.25, -0.2) is 4.68 Å². The normalized spacial score (nSPS) is 26.8. The Balaban J connectivity index is 2.20. The van der Waals surface area contributed by atoms with Gasteiger partial charge in [0.15, 0.2) is 5.82 Å². The molecule has 0 radical (unpaired) electrons. The average Bonchev–Trinajstić information content (AvgIpc) is 2.69. The smallest absolute Gasteiger partial charge is 0.169 e. The van der Waals surface area contributed by atoms with Crippen molar-refractivity contribution in [3.05, 3.63) is 5.82 Å². The second kappa shape index (κ2) is 3.74. The van der Waals surface area contributed by atoms with Gasteiger partial charge in [0.25, 0.3) is 0 Å². The molecular weight excluding hydrogens is 212 g/mol. The van der Waals surface area contributed by atoms with Crippen molar-refractivity contribution in [3.8, 4) is 0 Å². The van der Waals surface area contributed by atoms with Crippen molar-refractivity contribution in [1.82, 2.24) is 20.2 Å². The summed E-state index contributed by atoms with van der Waals surface area (Å²) in [4.78, 5) is 0. The topological polar surface area (TPSA) is 43.6 Å². The third-order valence-electron chi connectivity index (χ3n) is 3.16. The Morgan fingerprint density at radius 1 is 1.53 bits per heavy atom.